The second kappa shape index (κ2) is 8.30. The van der Waals surface area contributed by atoms with Gasteiger partial charge in [-0.15, -0.1) is 0 Å². The molecule has 8 heteroatoms. The van der Waals surface area contributed by atoms with Crippen molar-refractivity contribution in [1.29, 1.82) is 0 Å². The highest BCUT2D eigenvalue weighted by molar-refractivity contribution is 5.97. The van der Waals surface area contributed by atoms with Crippen LogP contribution in [-0.2, 0) is 26.4 Å². The van der Waals surface area contributed by atoms with Gasteiger partial charge in [-0.1, -0.05) is 47.6 Å². The maximum absolute atomic E-state index is 13.2. The van der Waals surface area contributed by atoms with Gasteiger partial charge < -0.3 is 14.2 Å². The van der Waals surface area contributed by atoms with Crippen molar-refractivity contribution < 1.29 is 14.1 Å². The van der Waals surface area contributed by atoms with E-state index in [-0.39, 0.29) is 5.91 Å². The first-order valence-electron chi connectivity index (χ1n) is 10.5. The van der Waals surface area contributed by atoms with Gasteiger partial charge >= 0.3 is 0 Å². The smallest absolute Gasteiger partial charge is 0.278 e. The molecule has 0 N–H and O–H groups in total. The molecule has 0 saturated heterocycles. The summed E-state index contributed by atoms with van der Waals surface area (Å²) in [5.41, 5.74) is 4.30. The number of rotatable bonds is 5. The summed E-state index contributed by atoms with van der Waals surface area (Å²) in [6, 6.07) is 17.3. The van der Waals surface area contributed by atoms with Gasteiger partial charge in [0.1, 0.15) is 5.75 Å². The molecule has 4 aromatic rings. The maximum atomic E-state index is 13.2. The summed E-state index contributed by atoms with van der Waals surface area (Å²) in [6.07, 6.45) is 1.28. The second-order valence-corrected chi connectivity index (χ2v) is 7.75. The fraction of sp³-hybridized carbons (Fsp3) is 0.250. The number of carbonyl (C=O) groups excluding carboxylic acids is 1. The van der Waals surface area contributed by atoms with Crippen LogP contribution in [0.3, 0.4) is 0 Å². The lowest BCUT2D eigenvalue weighted by Crippen LogP contribution is -2.36. The summed E-state index contributed by atoms with van der Waals surface area (Å²) in [6.45, 7) is 1.03. The molecule has 162 valence electrons. The van der Waals surface area contributed by atoms with E-state index < -0.39 is 0 Å². The predicted molar refractivity (Wildman–Crippen MR) is 117 cm³/mol. The molecule has 8 nitrogen and oxygen atoms in total. The molecule has 1 aliphatic rings. The first-order valence-corrected chi connectivity index (χ1v) is 10.5. The van der Waals surface area contributed by atoms with Gasteiger partial charge in [0, 0.05) is 37.7 Å². The number of amides is 1. The van der Waals surface area contributed by atoms with E-state index >= 15 is 0 Å². The second-order valence-electron chi connectivity index (χ2n) is 7.75. The Hall–Kier alpha value is -3.94. The summed E-state index contributed by atoms with van der Waals surface area (Å²) in [5, 5.41) is 8.78. The van der Waals surface area contributed by atoms with Crippen LogP contribution < -0.4 is 4.74 Å². The van der Waals surface area contributed by atoms with Gasteiger partial charge in [0.25, 0.3) is 11.8 Å². The SMILES string of the molecule is COc1ccccc1C(=O)N1CCc2c(c(-c3nc(Cc4ccccc4)no3)nn2C)C1. The molecule has 1 amide bonds. The number of nitrogens with zero attached hydrogens (tertiary/aromatic N) is 5. The Bertz CT molecular complexity index is 1260. The quantitative estimate of drug-likeness (QED) is 0.484. The number of aryl methyl sites for hydroxylation is 1. The van der Waals surface area contributed by atoms with E-state index in [2.05, 4.69) is 15.2 Å². The first-order chi connectivity index (χ1) is 15.6. The highest BCUT2D eigenvalue weighted by Gasteiger charge is 2.30. The third-order valence-electron chi connectivity index (χ3n) is 5.74. The molecule has 0 saturated carbocycles. The van der Waals surface area contributed by atoms with Crippen LogP contribution >= 0.6 is 0 Å². The molecule has 3 heterocycles. The largest absolute Gasteiger partial charge is 0.496 e. The molecule has 2 aromatic carbocycles. The van der Waals surface area contributed by atoms with E-state index in [1.807, 2.05) is 59.1 Å². The van der Waals surface area contributed by atoms with Gasteiger partial charge in [0.05, 0.1) is 19.2 Å². The Morgan fingerprint density at radius 2 is 1.91 bits per heavy atom. The normalized spacial score (nSPS) is 13.1. The third-order valence-corrected chi connectivity index (χ3v) is 5.74. The number of para-hydroxylation sites is 1. The lowest BCUT2D eigenvalue weighted by atomic mass is 10.0. The van der Waals surface area contributed by atoms with E-state index in [1.165, 1.54) is 0 Å². The molecular formula is C24H23N5O3. The lowest BCUT2D eigenvalue weighted by molar-refractivity contribution is 0.0730. The van der Waals surface area contributed by atoms with Gasteiger partial charge in [-0.25, -0.2) is 0 Å². The maximum Gasteiger partial charge on any atom is 0.278 e. The van der Waals surface area contributed by atoms with Crippen molar-refractivity contribution in [1.82, 2.24) is 24.8 Å². The first kappa shape index (κ1) is 20.0. The van der Waals surface area contributed by atoms with E-state index in [0.29, 0.717) is 54.7 Å². The molecule has 0 unspecified atom stereocenters. The van der Waals surface area contributed by atoms with Crippen LogP contribution in [0.1, 0.15) is 33.0 Å². The van der Waals surface area contributed by atoms with Crippen LogP contribution in [0.5, 0.6) is 5.75 Å². The zero-order chi connectivity index (χ0) is 22.1. The summed E-state index contributed by atoms with van der Waals surface area (Å²) in [5.74, 6) is 1.47. The summed E-state index contributed by atoms with van der Waals surface area (Å²) in [7, 11) is 3.48. The molecule has 0 bridgehead atoms. The topological polar surface area (TPSA) is 86.3 Å². The van der Waals surface area contributed by atoms with Crippen LogP contribution in [0.25, 0.3) is 11.6 Å². The van der Waals surface area contributed by atoms with Gasteiger partial charge in [0.15, 0.2) is 11.5 Å². The lowest BCUT2D eigenvalue weighted by Gasteiger charge is -2.28. The van der Waals surface area contributed by atoms with Gasteiger partial charge in [-0.3, -0.25) is 9.48 Å². The molecule has 0 radical (unpaired) electrons. The van der Waals surface area contributed by atoms with Gasteiger partial charge in [-0.05, 0) is 17.7 Å². The Balaban J connectivity index is 1.42. The minimum atomic E-state index is -0.0711. The van der Waals surface area contributed by atoms with Crippen molar-refractivity contribution >= 4 is 5.91 Å². The number of hydrogen-bond donors (Lipinski definition) is 0. The molecule has 1 aliphatic heterocycles. The number of ether oxygens (including phenoxy) is 1. The average Bonchev–Trinajstić information content (AvgIpc) is 3.43. The number of methoxy groups -OCH3 is 1. The van der Waals surface area contributed by atoms with E-state index in [0.717, 1.165) is 16.8 Å². The number of aromatic nitrogens is 4. The average molecular weight is 429 g/mol. The van der Waals surface area contributed by atoms with E-state index in [1.54, 1.807) is 19.2 Å². The summed E-state index contributed by atoms with van der Waals surface area (Å²) >= 11 is 0. The van der Waals surface area contributed by atoms with Crippen LogP contribution in [0.15, 0.2) is 59.1 Å². The fourth-order valence-electron chi connectivity index (χ4n) is 4.13. The Morgan fingerprint density at radius 3 is 2.72 bits per heavy atom. The Labute approximate surface area is 185 Å². The van der Waals surface area contributed by atoms with Crippen molar-refractivity contribution in [2.45, 2.75) is 19.4 Å². The summed E-state index contributed by atoms with van der Waals surface area (Å²) in [4.78, 5) is 19.6. The minimum absolute atomic E-state index is 0.0711. The van der Waals surface area contributed by atoms with Crippen molar-refractivity contribution in [3.8, 4) is 17.3 Å². The van der Waals surface area contributed by atoms with Crippen LogP contribution in [0.4, 0.5) is 0 Å². The van der Waals surface area contributed by atoms with Crippen molar-refractivity contribution in [2.75, 3.05) is 13.7 Å². The highest BCUT2D eigenvalue weighted by atomic mass is 16.5. The van der Waals surface area contributed by atoms with Crippen molar-refractivity contribution in [3.05, 3.63) is 82.8 Å². The third kappa shape index (κ3) is 3.64. The molecule has 0 atom stereocenters. The number of fused-ring (bicyclic) bond motifs is 1. The Kier molecular flexibility index (Phi) is 5.18. The molecule has 5 rings (SSSR count). The molecule has 0 spiro atoms. The molecule has 2 aromatic heterocycles. The zero-order valence-corrected chi connectivity index (χ0v) is 18.0. The monoisotopic (exact) mass is 429 g/mol. The zero-order valence-electron chi connectivity index (χ0n) is 18.0. The van der Waals surface area contributed by atoms with E-state index in [4.69, 9.17) is 9.26 Å². The standard InChI is InChI=1S/C24H23N5O3/c1-28-19-12-13-29(24(30)17-10-6-7-11-20(17)31-2)15-18(19)22(26-28)23-25-21(27-32-23)14-16-8-4-3-5-9-16/h3-11H,12-15H2,1-2H3. The van der Waals surface area contributed by atoms with Crippen LogP contribution in [0.2, 0.25) is 0 Å². The highest BCUT2D eigenvalue weighted by Crippen LogP contribution is 2.30. The summed E-state index contributed by atoms with van der Waals surface area (Å²) < 4.78 is 12.8. The minimum Gasteiger partial charge on any atom is -0.496 e. The number of carbonyl (C=O) groups is 1. The van der Waals surface area contributed by atoms with Crippen LogP contribution in [-0.4, -0.2) is 44.4 Å². The van der Waals surface area contributed by atoms with Crippen molar-refractivity contribution in [3.63, 3.8) is 0 Å². The van der Waals surface area contributed by atoms with Gasteiger partial charge in [-0.2, -0.15) is 10.1 Å². The van der Waals surface area contributed by atoms with Crippen LogP contribution in [0, 0.1) is 0 Å². The number of benzene rings is 2. The van der Waals surface area contributed by atoms with E-state index in [9.17, 15) is 4.79 Å². The molecule has 32 heavy (non-hydrogen) atoms. The molecular weight excluding hydrogens is 406 g/mol. The number of hydrogen-bond acceptors (Lipinski definition) is 6. The Morgan fingerprint density at radius 1 is 1.12 bits per heavy atom. The van der Waals surface area contributed by atoms with Gasteiger partial charge in [0.2, 0.25) is 0 Å². The molecule has 0 aliphatic carbocycles. The van der Waals surface area contributed by atoms with Crippen molar-refractivity contribution in [2.24, 2.45) is 7.05 Å². The molecule has 0 fully saturated rings. The predicted octanol–water partition coefficient (Wildman–Crippen LogP) is 3.27. The fourth-order valence-corrected chi connectivity index (χ4v) is 4.13.